The first-order chi connectivity index (χ1) is 12.9. The zero-order chi connectivity index (χ0) is 19.4. The molecule has 1 aliphatic heterocycles. The molecule has 0 saturated carbocycles. The van der Waals surface area contributed by atoms with E-state index in [2.05, 4.69) is 27.5 Å². The number of rotatable bonds is 6. The molecule has 1 amide bonds. The van der Waals surface area contributed by atoms with Gasteiger partial charge < -0.3 is 10.2 Å². The summed E-state index contributed by atoms with van der Waals surface area (Å²) in [5.74, 6) is -0.711. The molecule has 8 nitrogen and oxygen atoms in total. The van der Waals surface area contributed by atoms with E-state index in [1.165, 1.54) is 6.07 Å². The number of aromatic nitrogens is 4. The molecule has 0 aliphatic carbocycles. The summed E-state index contributed by atoms with van der Waals surface area (Å²) in [6.45, 7) is 5.49. The van der Waals surface area contributed by atoms with Crippen LogP contribution in [-0.2, 0) is 11.0 Å². The summed E-state index contributed by atoms with van der Waals surface area (Å²) in [5.41, 5.74) is 0.0495. The lowest BCUT2D eigenvalue weighted by Gasteiger charge is -2.34. The number of anilines is 1. The molecule has 1 aliphatic rings. The van der Waals surface area contributed by atoms with Gasteiger partial charge in [0, 0.05) is 32.7 Å². The number of carbonyl (C=O) groups is 1. The molecule has 2 aromatic rings. The van der Waals surface area contributed by atoms with Crippen LogP contribution in [0.4, 0.5) is 19.0 Å². The summed E-state index contributed by atoms with van der Waals surface area (Å²) in [6, 6.07) is 3.11. The van der Waals surface area contributed by atoms with Crippen molar-refractivity contribution in [1.82, 2.24) is 30.0 Å². The van der Waals surface area contributed by atoms with Crippen LogP contribution in [0.5, 0.6) is 0 Å². The minimum atomic E-state index is -4.62. The number of amides is 1. The number of piperazine rings is 1. The van der Waals surface area contributed by atoms with Gasteiger partial charge in [-0.1, -0.05) is 13.3 Å². The molecule has 0 bridgehead atoms. The van der Waals surface area contributed by atoms with Gasteiger partial charge in [0.2, 0.25) is 5.91 Å². The normalized spacial score (nSPS) is 16.1. The molecule has 0 unspecified atom stereocenters. The fourth-order valence-electron chi connectivity index (χ4n) is 2.92. The van der Waals surface area contributed by atoms with E-state index in [9.17, 15) is 18.0 Å². The predicted molar refractivity (Wildman–Crippen MR) is 92.4 cm³/mol. The lowest BCUT2D eigenvalue weighted by molar-refractivity contribution is -0.146. The Labute approximate surface area is 154 Å². The van der Waals surface area contributed by atoms with Crippen LogP contribution in [0.15, 0.2) is 12.1 Å². The Morgan fingerprint density at radius 2 is 1.93 bits per heavy atom. The first-order valence-electron chi connectivity index (χ1n) is 8.92. The lowest BCUT2D eigenvalue weighted by atomic mass is 10.3. The van der Waals surface area contributed by atoms with Crippen LogP contribution < -0.4 is 10.2 Å². The Hall–Kier alpha value is -2.43. The van der Waals surface area contributed by atoms with Crippen LogP contribution in [-0.4, -0.2) is 69.9 Å². The molecule has 0 spiro atoms. The second kappa shape index (κ2) is 8.07. The third kappa shape index (κ3) is 4.65. The van der Waals surface area contributed by atoms with Gasteiger partial charge in [0.1, 0.15) is 5.82 Å². The van der Waals surface area contributed by atoms with Gasteiger partial charge in [-0.2, -0.15) is 17.7 Å². The minimum Gasteiger partial charge on any atom is -0.355 e. The van der Waals surface area contributed by atoms with E-state index < -0.39 is 12.0 Å². The summed E-state index contributed by atoms with van der Waals surface area (Å²) in [4.78, 5) is 15.8. The number of hydrogen-bond donors (Lipinski definition) is 1. The predicted octanol–water partition coefficient (Wildman–Crippen LogP) is 1.18. The molecule has 27 heavy (non-hydrogen) atoms. The van der Waals surface area contributed by atoms with Crippen LogP contribution in [0.25, 0.3) is 5.65 Å². The first kappa shape index (κ1) is 19.3. The van der Waals surface area contributed by atoms with E-state index in [0.29, 0.717) is 45.1 Å². The van der Waals surface area contributed by atoms with Crippen molar-refractivity contribution < 1.29 is 18.0 Å². The summed E-state index contributed by atoms with van der Waals surface area (Å²) in [5, 5.41) is 13.6. The number of hydrogen-bond acceptors (Lipinski definition) is 6. The molecule has 148 valence electrons. The summed E-state index contributed by atoms with van der Waals surface area (Å²) in [6.07, 6.45) is -2.63. The topological polar surface area (TPSA) is 78.7 Å². The number of halogens is 3. The maximum atomic E-state index is 13.0. The van der Waals surface area contributed by atoms with Crippen molar-refractivity contribution >= 4 is 17.4 Å². The zero-order valence-corrected chi connectivity index (χ0v) is 15.0. The monoisotopic (exact) mass is 385 g/mol. The van der Waals surface area contributed by atoms with Crippen molar-refractivity contribution in [3.63, 3.8) is 0 Å². The van der Waals surface area contributed by atoms with Crippen LogP contribution >= 0.6 is 0 Å². The molecule has 11 heteroatoms. The molecule has 2 aromatic heterocycles. The molecule has 0 aromatic carbocycles. The second-order valence-electron chi connectivity index (χ2n) is 6.45. The van der Waals surface area contributed by atoms with Gasteiger partial charge in [0.25, 0.3) is 5.82 Å². The number of nitrogens with one attached hydrogen (secondary N) is 1. The Kier molecular flexibility index (Phi) is 5.78. The van der Waals surface area contributed by atoms with Crippen molar-refractivity contribution in [2.75, 3.05) is 44.2 Å². The molecular weight excluding hydrogens is 363 g/mol. The van der Waals surface area contributed by atoms with E-state index in [1.54, 1.807) is 6.07 Å². The quantitative estimate of drug-likeness (QED) is 0.753. The Bertz CT molecular complexity index is 784. The lowest BCUT2D eigenvalue weighted by Crippen LogP contribution is -2.49. The van der Waals surface area contributed by atoms with E-state index >= 15 is 0 Å². The minimum absolute atomic E-state index is 0.00393. The van der Waals surface area contributed by atoms with Crippen molar-refractivity contribution in [1.29, 1.82) is 0 Å². The SMILES string of the molecule is CCCCNC(=O)CN1CCN(c2ccc3nnc(C(F)(F)F)n3n2)CC1. The van der Waals surface area contributed by atoms with Crippen molar-refractivity contribution in [2.24, 2.45) is 0 Å². The van der Waals surface area contributed by atoms with Crippen LogP contribution in [0, 0.1) is 0 Å². The third-order valence-corrected chi connectivity index (χ3v) is 4.42. The molecule has 1 N–H and O–H groups in total. The highest BCUT2D eigenvalue weighted by Gasteiger charge is 2.37. The number of unbranched alkanes of at least 4 members (excludes halogenated alkanes) is 1. The Morgan fingerprint density at radius 3 is 2.59 bits per heavy atom. The second-order valence-corrected chi connectivity index (χ2v) is 6.45. The van der Waals surface area contributed by atoms with Crippen LogP contribution in [0.2, 0.25) is 0 Å². The molecule has 3 rings (SSSR count). The van der Waals surface area contributed by atoms with Crippen molar-refractivity contribution in [3.8, 4) is 0 Å². The molecule has 0 radical (unpaired) electrons. The van der Waals surface area contributed by atoms with Gasteiger partial charge in [-0.15, -0.1) is 15.3 Å². The van der Waals surface area contributed by atoms with Gasteiger partial charge in [-0.05, 0) is 18.6 Å². The molecule has 0 atom stereocenters. The molecule has 1 fully saturated rings. The third-order valence-electron chi connectivity index (χ3n) is 4.42. The summed E-state index contributed by atoms with van der Waals surface area (Å²) >= 11 is 0. The van der Waals surface area contributed by atoms with E-state index in [4.69, 9.17) is 0 Å². The Morgan fingerprint density at radius 1 is 1.19 bits per heavy atom. The largest absolute Gasteiger partial charge is 0.453 e. The maximum Gasteiger partial charge on any atom is 0.453 e. The number of fused-ring (bicyclic) bond motifs is 1. The summed E-state index contributed by atoms with van der Waals surface area (Å²) in [7, 11) is 0. The van der Waals surface area contributed by atoms with Crippen LogP contribution in [0.3, 0.4) is 0 Å². The van der Waals surface area contributed by atoms with Gasteiger partial charge in [-0.25, -0.2) is 0 Å². The number of alkyl halides is 3. The number of nitrogens with zero attached hydrogens (tertiary/aromatic N) is 6. The fraction of sp³-hybridized carbons (Fsp3) is 0.625. The molecule has 3 heterocycles. The Balaban J connectivity index is 1.60. The standard InChI is InChI=1S/C16H22F3N7O/c1-2-3-6-20-14(27)11-24-7-9-25(10-8-24)13-5-4-12-21-22-15(16(17,18)19)26(12)23-13/h4-5H,2-3,6-11H2,1H3,(H,20,27). The van der Waals surface area contributed by atoms with Gasteiger partial charge >= 0.3 is 6.18 Å². The summed E-state index contributed by atoms with van der Waals surface area (Å²) < 4.78 is 39.7. The van der Waals surface area contributed by atoms with Gasteiger partial charge in [-0.3, -0.25) is 9.69 Å². The first-order valence-corrected chi connectivity index (χ1v) is 8.92. The zero-order valence-electron chi connectivity index (χ0n) is 15.0. The van der Waals surface area contributed by atoms with E-state index in [1.807, 2.05) is 9.80 Å². The van der Waals surface area contributed by atoms with Crippen LogP contribution in [0.1, 0.15) is 25.6 Å². The highest BCUT2D eigenvalue weighted by Crippen LogP contribution is 2.28. The van der Waals surface area contributed by atoms with Crippen molar-refractivity contribution in [3.05, 3.63) is 18.0 Å². The maximum absolute atomic E-state index is 13.0. The molecule has 1 saturated heterocycles. The fourth-order valence-corrected chi connectivity index (χ4v) is 2.92. The highest BCUT2D eigenvalue weighted by molar-refractivity contribution is 5.78. The number of carbonyl (C=O) groups excluding carboxylic acids is 1. The van der Waals surface area contributed by atoms with Gasteiger partial charge in [0.15, 0.2) is 5.65 Å². The molecular formula is C16H22F3N7O. The smallest absolute Gasteiger partial charge is 0.355 e. The average molecular weight is 385 g/mol. The van der Waals surface area contributed by atoms with Gasteiger partial charge in [0.05, 0.1) is 6.54 Å². The average Bonchev–Trinajstić information content (AvgIpc) is 3.06. The van der Waals surface area contributed by atoms with E-state index in [-0.39, 0.29) is 11.6 Å². The highest BCUT2D eigenvalue weighted by atomic mass is 19.4. The van der Waals surface area contributed by atoms with Crippen molar-refractivity contribution in [2.45, 2.75) is 25.9 Å². The van der Waals surface area contributed by atoms with E-state index in [0.717, 1.165) is 17.4 Å².